The molecule has 9 nitrogen and oxygen atoms in total. The third kappa shape index (κ3) is 3.64. The molecule has 2 atom stereocenters. The number of benzene rings is 2. The van der Waals surface area contributed by atoms with Crippen LogP contribution >= 0.6 is 11.8 Å². The molecular formula is C26H22N4O5SSe. The summed E-state index contributed by atoms with van der Waals surface area (Å²) in [6.07, 6.45) is 0.452. The summed E-state index contributed by atoms with van der Waals surface area (Å²) in [6, 6.07) is 14.0. The predicted molar refractivity (Wildman–Crippen MR) is 137 cm³/mol. The zero-order valence-electron chi connectivity index (χ0n) is 19.9. The molecule has 3 heterocycles. The number of imide groups is 2. The number of nitrogens with zero attached hydrogens (tertiary/aromatic N) is 2. The van der Waals surface area contributed by atoms with E-state index in [2.05, 4.69) is 19.8 Å². The Morgan fingerprint density at radius 2 is 1.51 bits per heavy atom. The second kappa shape index (κ2) is 9.16. The first kappa shape index (κ1) is 24.0. The molecule has 0 bridgehead atoms. The van der Waals surface area contributed by atoms with Crippen molar-refractivity contribution >= 4 is 49.9 Å². The molecule has 1 fully saturated rings. The normalized spacial score (nSPS) is 22.2. The van der Waals surface area contributed by atoms with Gasteiger partial charge in [0.2, 0.25) is 0 Å². The first-order chi connectivity index (χ1) is 18.0. The fourth-order valence-electron chi connectivity index (χ4n) is 5.68. The molecule has 1 aliphatic carbocycles. The number of hydrogen-bond donors (Lipinski definition) is 2. The number of methoxy groups -OCH3 is 2. The van der Waals surface area contributed by atoms with Crippen LogP contribution in [0.25, 0.3) is 5.57 Å². The van der Waals surface area contributed by atoms with Gasteiger partial charge >= 0.3 is 223 Å². The number of allylic oxidation sites excluding steroid dienone is 2. The molecule has 3 aliphatic rings. The van der Waals surface area contributed by atoms with Crippen LogP contribution in [0.4, 0.5) is 4.79 Å². The Labute approximate surface area is 223 Å². The number of carbonyl (C=O) groups excluding carboxylic acids is 3. The van der Waals surface area contributed by atoms with Gasteiger partial charge in [-0.05, 0) is 0 Å². The van der Waals surface area contributed by atoms with Crippen LogP contribution in [0, 0.1) is 5.41 Å². The van der Waals surface area contributed by atoms with E-state index < -0.39 is 35.1 Å². The van der Waals surface area contributed by atoms with Gasteiger partial charge in [0.1, 0.15) is 0 Å². The van der Waals surface area contributed by atoms with Crippen LogP contribution in [0.5, 0.6) is 11.5 Å². The monoisotopic (exact) mass is 582 g/mol. The van der Waals surface area contributed by atoms with Gasteiger partial charge in [0.15, 0.2) is 0 Å². The van der Waals surface area contributed by atoms with E-state index in [9.17, 15) is 14.4 Å². The van der Waals surface area contributed by atoms with Crippen molar-refractivity contribution in [2.45, 2.75) is 24.0 Å². The Morgan fingerprint density at radius 3 is 2.11 bits per heavy atom. The van der Waals surface area contributed by atoms with Gasteiger partial charge in [-0.25, -0.2) is 0 Å². The molecule has 2 aliphatic heterocycles. The molecule has 2 N–H and O–H groups in total. The Hall–Kier alpha value is -3.40. The summed E-state index contributed by atoms with van der Waals surface area (Å²) in [4.78, 5) is 41.4. The number of carbonyl (C=O) groups is 3. The summed E-state index contributed by atoms with van der Waals surface area (Å²) >= 11 is 1.61. The van der Waals surface area contributed by atoms with Gasteiger partial charge in [-0.2, -0.15) is 0 Å². The SMILES string of the molecule is COc1ccc(C2CC3=C(c4nn[se]c4CS3)C(c3ccc(OC)cc3)C23C(=O)NC(=O)NC3=O)cc1. The van der Waals surface area contributed by atoms with Crippen LogP contribution in [0.2, 0.25) is 0 Å². The zero-order chi connectivity index (χ0) is 25.7. The van der Waals surface area contributed by atoms with Crippen LogP contribution in [-0.2, 0) is 15.3 Å². The van der Waals surface area contributed by atoms with Crippen molar-refractivity contribution in [2.75, 3.05) is 14.2 Å². The molecule has 188 valence electrons. The van der Waals surface area contributed by atoms with E-state index in [1.165, 1.54) is 0 Å². The average Bonchev–Trinajstić information content (AvgIpc) is 3.40. The Bertz CT molecular complexity index is 1430. The van der Waals surface area contributed by atoms with Crippen molar-refractivity contribution in [2.24, 2.45) is 5.41 Å². The second-order valence-electron chi connectivity index (χ2n) is 9.01. The zero-order valence-corrected chi connectivity index (χ0v) is 22.5. The first-order valence-electron chi connectivity index (χ1n) is 11.6. The van der Waals surface area contributed by atoms with Gasteiger partial charge in [-0.15, -0.1) is 0 Å². The molecule has 1 aromatic heterocycles. The third-order valence-corrected chi connectivity index (χ3v) is 10.4. The van der Waals surface area contributed by atoms with E-state index in [-0.39, 0.29) is 14.7 Å². The van der Waals surface area contributed by atoms with E-state index in [0.29, 0.717) is 17.9 Å². The van der Waals surface area contributed by atoms with Crippen LogP contribution in [0.15, 0.2) is 53.4 Å². The summed E-state index contributed by atoms with van der Waals surface area (Å²) in [5, 5.41) is 9.34. The van der Waals surface area contributed by atoms with Gasteiger partial charge in [0.25, 0.3) is 0 Å². The number of amides is 4. The fraction of sp³-hybridized carbons (Fsp3) is 0.269. The molecule has 0 radical (unpaired) electrons. The molecule has 37 heavy (non-hydrogen) atoms. The average molecular weight is 582 g/mol. The van der Waals surface area contributed by atoms with Crippen LogP contribution in [-0.4, -0.2) is 56.0 Å². The maximum atomic E-state index is 14.0. The molecule has 1 saturated heterocycles. The summed E-state index contributed by atoms with van der Waals surface area (Å²) in [7, 11) is 3.17. The summed E-state index contributed by atoms with van der Waals surface area (Å²) in [6.45, 7) is 0. The Kier molecular flexibility index (Phi) is 5.94. The topological polar surface area (TPSA) is 120 Å². The number of thioether (sulfide) groups is 1. The predicted octanol–water partition coefficient (Wildman–Crippen LogP) is 2.83. The molecule has 0 saturated carbocycles. The van der Waals surface area contributed by atoms with E-state index in [0.717, 1.165) is 37.5 Å². The van der Waals surface area contributed by atoms with E-state index >= 15 is 0 Å². The number of hydrogen-bond acceptors (Lipinski definition) is 8. The van der Waals surface area contributed by atoms with Gasteiger partial charge in [-0.1, -0.05) is 0 Å². The Balaban J connectivity index is 1.65. The van der Waals surface area contributed by atoms with E-state index in [1.54, 1.807) is 26.0 Å². The fourth-order valence-corrected chi connectivity index (χ4v) is 8.50. The van der Waals surface area contributed by atoms with Gasteiger partial charge in [-0.3, -0.25) is 0 Å². The molecule has 6 rings (SSSR count). The molecule has 2 aromatic carbocycles. The van der Waals surface area contributed by atoms with E-state index in [4.69, 9.17) is 9.47 Å². The number of ether oxygens (including phenoxy) is 2. The van der Waals surface area contributed by atoms with Crippen molar-refractivity contribution in [3.8, 4) is 11.5 Å². The van der Waals surface area contributed by atoms with Crippen molar-refractivity contribution in [3.05, 3.63) is 74.7 Å². The number of nitrogens with one attached hydrogen (secondary N) is 2. The minimum absolute atomic E-state index is 0.113. The molecule has 2 unspecified atom stereocenters. The number of fused-ring (bicyclic) bond motifs is 2. The molecule has 4 amide bonds. The third-order valence-electron chi connectivity index (χ3n) is 7.35. The summed E-state index contributed by atoms with van der Waals surface area (Å²) in [5.74, 6) is -0.369. The van der Waals surface area contributed by atoms with E-state index in [1.807, 2.05) is 48.5 Å². The Morgan fingerprint density at radius 1 is 0.919 bits per heavy atom. The molecule has 1 spiro atoms. The quantitative estimate of drug-likeness (QED) is 0.357. The first-order valence-corrected chi connectivity index (χ1v) is 14.2. The van der Waals surface area contributed by atoms with Crippen molar-refractivity contribution in [3.63, 3.8) is 0 Å². The van der Waals surface area contributed by atoms with Gasteiger partial charge in [0, 0.05) is 0 Å². The van der Waals surface area contributed by atoms with Crippen LogP contribution in [0.3, 0.4) is 0 Å². The molecule has 11 heteroatoms. The van der Waals surface area contributed by atoms with Crippen LogP contribution in [0.1, 0.15) is 39.5 Å². The standard InChI is InChI=1S/C26H22N4O5SSe/c1-34-15-7-3-13(4-8-15)17-11-18-20(22-19(12-36-18)37-30-29-22)21(14-5-9-16(35-2)10-6-14)26(17)23(31)27-25(33)28-24(26)32/h3-10,17,21H,11-12H2,1-2H3,(H2,27,28,31,32,33). The van der Waals surface area contributed by atoms with Gasteiger partial charge in [0.05, 0.1) is 0 Å². The van der Waals surface area contributed by atoms with Crippen LogP contribution < -0.4 is 20.1 Å². The minimum atomic E-state index is -1.64. The number of aromatic nitrogens is 2. The van der Waals surface area contributed by atoms with Crippen molar-refractivity contribution < 1.29 is 23.9 Å². The van der Waals surface area contributed by atoms with Crippen molar-refractivity contribution in [1.82, 2.24) is 19.8 Å². The van der Waals surface area contributed by atoms with Crippen molar-refractivity contribution in [1.29, 1.82) is 0 Å². The number of rotatable bonds is 4. The maximum absolute atomic E-state index is 14.0. The number of urea groups is 1. The second-order valence-corrected chi connectivity index (χ2v) is 11.8. The molecular weight excluding hydrogens is 559 g/mol. The number of barbiturate groups is 1. The summed E-state index contributed by atoms with van der Waals surface area (Å²) < 4.78 is 16.2. The molecule has 3 aromatic rings. The van der Waals surface area contributed by atoms with Gasteiger partial charge < -0.3 is 0 Å². The summed E-state index contributed by atoms with van der Waals surface area (Å²) in [5.41, 5.74) is 1.55.